The zero-order chi connectivity index (χ0) is 18.5. The Morgan fingerprint density at radius 1 is 1.12 bits per heavy atom. The minimum Gasteiger partial charge on any atom is -0.335 e. The van der Waals surface area contributed by atoms with Crippen molar-refractivity contribution < 1.29 is 19.7 Å². The number of quaternary nitrogens is 1. The first kappa shape index (κ1) is 17.8. The molecule has 3 N–H and O–H groups in total. The van der Waals surface area contributed by atoms with Gasteiger partial charge >= 0.3 is 0 Å². The molecule has 0 aromatic heterocycles. The van der Waals surface area contributed by atoms with Crippen molar-refractivity contribution >= 4 is 29.1 Å². The normalized spacial score (nSPS) is 16.8. The Hall–Kier alpha value is -2.99. The lowest BCUT2D eigenvalue weighted by molar-refractivity contribution is -0.674. The van der Waals surface area contributed by atoms with Crippen LogP contribution in [0.25, 0.3) is 0 Å². The molecular formula is C20H22N3O3+. The molecule has 0 unspecified atom stereocenters. The van der Waals surface area contributed by atoms with Crippen molar-refractivity contribution in [3.05, 3.63) is 60.2 Å². The number of hydrogen-bond donors (Lipinski definition) is 2. The number of carbonyl (C=O) groups is 3. The van der Waals surface area contributed by atoms with Gasteiger partial charge in [-0.05, 0) is 29.8 Å². The first-order chi connectivity index (χ1) is 12.5. The van der Waals surface area contributed by atoms with Crippen LogP contribution in [0.5, 0.6) is 0 Å². The average Bonchev–Trinajstić information content (AvgIpc) is 2.90. The maximum Gasteiger partial charge on any atom is 0.292 e. The molecule has 2 aromatic carbocycles. The quantitative estimate of drug-likeness (QED) is 0.763. The highest BCUT2D eigenvalue weighted by molar-refractivity contribution is 6.21. The molecule has 1 atom stereocenters. The van der Waals surface area contributed by atoms with Crippen molar-refractivity contribution in [3.63, 3.8) is 0 Å². The van der Waals surface area contributed by atoms with Crippen LogP contribution < -0.4 is 15.5 Å². The number of nitrogens with two attached hydrogens (primary N) is 1. The van der Waals surface area contributed by atoms with Gasteiger partial charge in [0.25, 0.3) is 5.91 Å². The summed E-state index contributed by atoms with van der Waals surface area (Å²) in [6.07, 6.45) is 1.06. The monoisotopic (exact) mass is 352 g/mol. The fourth-order valence-corrected chi connectivity index (χ4v) is 3.10. The lowest BCUT2D eigenvalue weighted by Gasteiger charge is -2.15. The van der Waals surface area contributed by atoms with Gasteiger partial charge in [0.1, 0.15) is 0 Å². The summed E-state index contributed by atoms with van der Waals surface area (Å²) in [4.78, 5) is 37.2. The zero-order valence-corrected chi connectivity index (χ0v) is 14.6. The van der Waals surface area contributed by atoms with E-state index in [0.717, 1.165) is 13.0 Å². The van der Waals surface area contributed by atoms with E-state index in [0.29, 0.717) is 11.4 Å². The molecule has 1 saturated heterocycles. The minimum atomic E-state index is -0.374. The van der Waals surface area contributed by atoms with E-state index in [1.54, 1.807) is 24.3 Å². The summed E-state index contributed by atoms with van der Waals surface area (Å²) in [5.74, 6) is -0.544. The Kier molecular flexibility index (Phi) is 5.43. The van der Waals surface area contributed by atoms with E-state index in [1.165, 1.54) is 17.4 Å². The highest BCUT2D eigenvalue weighted by Gasteiger charge is 2.41. The number of benzene rings is 2. The predicted molar refractivity (Wildman–Crippen MR) is 98.6 cm³/mol. The molecule has 0 spiro atoms. The smallest absolute Gasteiger partial charge is 0.292 e. The molecular weight excluding hydrogens is 330 g/mol. The Bertz CT molecular complexity index is 803. The predicted octanol–water partition coefficient (Wildman–Crippen LogP) is 1.08. The number of amides is 3. The molecule has 1 aliphatic heterocycles. The van der Waals surface area contributed by atoms with Crippen LogP contribution in [0.15, 0.2) is 54.6 Å². The van der Waals surface area contributed by atoms with Gasteiger partial charge in [0.05, 0.1) is 18.7 Å². The molecule has 3 rings (SSSR count). The largest absolute Gasteiger partial charge is 0.335 e. The highest BCUT2D eigenvalue weighted by atomic mass is 16.2. The number of imide groups is 1. The number of anilines is 2. The Balaban J connectivity index is 1.60. The molecule has 2 aromatic rings. The first-order valence-electron chi connectivity index (χ1n) is 8.66. The highest BCUT2D eigenvalue weighted by Crippen LogP contribution is 2.23. The number of nitrogens with zero attached hydrogens (tertiary/aromatic N) is 1. The Labute approximate surface area is 152 Å². The van der Waals surface area contributed by atoms with Gasteiger partial charge in [-0.1, -0.05) is 30.3 Å². The van der Waals surface area contributed by atoms with Crippen LogP contribution in [0.1, 0.15) is 18.9 Å². The standard InChI is InChI=1S/C20H21N3O3/c1-14(24)22-16-7-9-17(10-8-16)23-19(25)13-18(20(23)26)21-12-11-15-5-3-2-4-6-15/h2-10,18,21H,11-13H2,1H3,(H,22,24)/p+1/t18-/m0/s1. The van der Waals surface area contributed by atoms with Crippen LogP contribution in [0.4, 0.5) is 11.4 Å². The minimum absolute atomic E-state index is 0.167. The fraction of sp³-hybridized carbons (Fsp3) is 0.250. The van der Waals surface area contributed by atoms with Crippen LogP contribution in [-0.4, -0.2) is 30.3 Å². The van der Waals surface area contributed by atoms with E-state index >= 15 is 0 Å². The molecule has 1 fully saturated rings. The van der Waals surface area contributed by atoms with E-state index in [1.807, 2.05) is 23.5 Å². The number of hydrogen-bond acceptors (Lipinski definition) is 3. The molecule has 6 nitrogen and oxygen atoms in total. The molecule has 1 aliphatic rings. The zero-order valence-electron chi connectivity index (χ0n) is 14.6. The SMILES string of the molecule is CC(=O)Nc1ccc(N2C(=O)C[C@H]([NH2+]CCc3ccccc3)C2=O)cc1. The van der Waals surface area contributed by atoms with Crippen molar-refractivity contribution in [1.82, 2.24) is 0 Å². The van der Waals surface area contributed by atoms with E-state index in [9.17, 15) is 14.4 Å². The second kappa shape index (κ2) is 7.93. The molecule has 0 aliphatic carbocycles. The van der Waals surface area contributed by atoms with Gasteiger partial charge in [0.2, 0.25) is 11.8 Å². The van der Waals surface area contributed by atoms with Gasteiger partial charge in [-0.3, -0.25) is 14.4 Å². The number of carbonyl (C=O) groups excluding carboxylic acids is 3. The fourth-order valence-electron chi connectivity index (χ4n) is 3.10. The van der Waals surface area contributed by atoms with Crippen LogP contribution in [0.3, 0.4) is 0 Å². The maximum atomic E-state index is 12.6. The van der Waals surface area contributed by atoms with Crippen LogP contribution in [0.2, 0.25) is 0 Å². The third kappa shape index (κ3) is 4.15. The second-order valence-electron chi connectivity index (χ2n) is 6.37. The topological polar surface area (TPSA) is 83.1 Å². The molecule has 6 heteroatoms. The molecule has 26 heavy (non-hydrogen) atoms. The van der Waals surface area contributed by atoms with Crippen molar-refractivity contribution in [1.29, 1.82) is 0 Å². The van der Waals surface area contributed by atoms with Crippen molar-refractivity contribution in [2.24, 2.45) is 0 Å². The molecule has 0 radical (unpaired) electrons. The molecule has 134 valence electrons. The summed E-state index contributed by atoms with van der Waals surface area (Å²) in [5, 5.41) is 4.61. The third-order valence-corrected chi connectivity index (χ3v) is 4.35. The van der Waals surface area contributed by atoms with E-state index in [-0.39, 0.29) is 30.2 Å². The average molecular weight is 352 g/mol. The summed E-state index contributed by atoms with van der Waals surface area (Å²) < 4.78 is 0. The summed E-state index contributed by atoms with van der Waals surface area (Å²) >= 11 is 0. The summed E-state index contributed by atoms with van der Waals surface area (Å²) in [6, 6.07) is 16.4. The van der Waals surface area contributed by atoms with Crippen LogP contribution in [-0.2, 0) is 20.8 Å². The number of rotatable bonds is 6. The van der Waals surface area contributed by atoms with Gasteiger partial charge in [-0.15, -0.1) is 0 Å². The van der Waals surface area contributed by atoms with Gasteiger partial charge in [-0.2, -0.15) is 0 Å². The van der Waals surface area contributed by atoms with Crippen molar-refractivity contribution in [2.75, 3.05) is 16.8 Å². The van der Waals surface area contributed by atoms with Gasteiger partial charge in [-0.25, -0.2) is 4.90 Å². The van der Waals surface area contributed by atoms with Crippen molar-refractivity contribution in [3.8, 4) is 0 Å². The van der Waals surface area contributed by atoms with Crippen LogP contribution in [0, 0.1) is 0 Å². The molecule has 0 bridgehead atoms. The summed E-state index contributed by atoms with van der Waals surface area (Å²) in [5.41, 5.74) is 2.38. The second-order valence-corrected chi connectivity index (χ2v) is 6.37. The lowest BCUT2D eigenvalue weighted by Crippen LogP contribution is -2.92. The van der Waals surface area contributed by atoms with E-state index in [2.05, 4.69) is 17.4 Å². The maximum absolute atomic E-state index is 12.6. The number of nitrogens with one attached hydrogen (secondary N) is 1. The summed E-state index contributed by atoms with van der Waals surface area (Å²) in [7, 11) is 0. The molecule has 1 heterocycles. The Morgan fingerprint density at radius 2 is 1.81 bits per heavy atom. The Morgan fingerprint density at radius 3 is 2.46 bits per heavy atom. The van der Waals surface area contributed by atoms with Gasteiger partial charge < -0.3 is 10.6 Å². The van der Waals surface area contributed by atoms with E-state index < -0.39 is 0 Å². The van der Waals surface area contributed by atoms with Crippen LogP contribution >= 0.6 is 0 Å². The first-order valence-corrected chi connectivity index (χ1v) is 8.66. The van der Waals surface area contributed by atoms with Crippen molar-refractivity contribution in [2.45, 2.75) is 25.8 Å². The molecule has 0 saturated carbocycles. The lowest BCUT2D eigenvalue weighted by atomic mass is 10.1. The summed E-state index contributed by atoms with van der Waals surface area (Å²) in [6.45, 7) is 2.18. The van der Waals surface area contributed by atoms with E-state index in [4.69, 9.17) is 0 Å². The third-order valence-electron chi connectivity index (χ3n) is 4.35. The molecule has 3 amide bonds. The van der Waals surface area contributed by atoms with Gasteiger partial charge in [0, 0.05) is 19.0 Å². The van der Waals surface area contributed by atoms with Gasteiger partial charge in [0.15, 0.2) is 6.04 Å².